The molecule has 0 atom stereocenters. The van der Waals surface area contributed by atoms with Gasteiger partial charge in [0.1, 0.15) is 0 Å². The molecule has 0 spiro atoms. The fourth-order valence-electron chi connectivity index (χ4n) is 2.72. The van der Waals surface area contributed by atoms with E-state index in [1.807, 2.05) is 0 Å². The molecule has 1 heterocycles. The van der Waals surface area contributed by atoms with Gasteiger partial charge in [-0.3, -0.25) is 0 Å². The fourth-order valence-corrected chi connectivity index (χ4v) is 2.72. The first-order valence-corrected chi connectivity index (χ1v) is 7.42. The first kappa shape index (κ1) is 14.5. The minimum absolute atomic E-state index is 0.596. The summed E-state index contributed by atoms with van der Waals surface area (Å²) >= 11 is 0. The van der Waals surface area contributed by atoms with E-state index in [1.165, 1.54) is 16.7 Å². The molecule has 0 N–H and O–H groups in total. The summed E-state index contributed by atoms with van der Waals surface area (Å²) in [7, 11) is 0. The SMILES string of the molecule is Cc1c(COCC(C)C)cccc1C1CCOCC1. The Kier molecular flexibility index (Phi) is 5.41. The van der Waals surface area contributed by atoms with Crippen LogP contribution in [0, 0.1) is 12.8 Å². The zero-order chi connectivity index (χ0) is 13.7. The van der Waals surface area contributed by atoms with E-state index in [0.717, 1.165) is 39.3 Å². The second-order valence-electron chi connectivity index (χ2n) is 5.93. The molecular weight excluding hydrogens is 236 g/mol. The summed E-state index contributed by atoms with van der Waals surface area (Å²) in [4.78, 5) is 0. The van der Waals surface area contributed by atoms with E-state index in [0.29, 0.717) is 11.8 Å². The molecule has 2 nitrogen and oxygen atoms in total. The van der Waals surface area contributed by atoms with Crippen molar-refractivity contribution >= 4 is 0 Å². The third-order valence-corrected chi connectivity index (χ3v) is 3.86. The summed E-state index contributed by atoms with van der Waals surface area (Å²) in [6.45, 7) is 9.98. The smallest absolute Gasteiger partial charge is 0.0719 e. The van der Waals surface area contributed by atoms with Crippen LogP contribution >= 0.6 is 0 Å². The van der Waals surface area contributed by atoms with Gasteiger partial charge in [-0.15, -0.1) is 0 Å². The summed E-state index contributed by atoms with van der Waals surface area (Å²) in [5.74, 6) is 1.26. The van der Waals surface area contributed by atoms with Crippen molar-refractivity contribution in [2.45, 2.75) is 46.1 Å². The van der Waals surface area contributed by atoms with Crippen molar-refractivity contribution in [2.24, 2.45) is 5.92 Å². The van der Waals surface area contributed by atoms with Crippen LogP contribution in [0.4, 0.5) is 0 Å². The fraction of sp³-hybridized carbons (Fsp3) is 0.647. The van der Waals surface area contributed by atoms with E-state index >= 15 is 0 Å². The lowest BCUT2D eigenvalue weighted by molar-refractivity contribution is 0.0848. The maximum atomic E-state index is 5.78. The summed E-state index contributed by atoms with van der Waals surface area (Å²) in [6.07, 6.45) is 2.30. The molecule has 0 unspecified atom stereocenters. The topological polar surface area (TPSA) is 18.5 Å². The minimum atomic E-state index is 0.596. The Hall–Kier alpha value is -0.860. The lowest BCUT2D eigenvalue weighted by Gasteiger charge is -2.25. The van der Waals surface area contributed by atoms with Crippen molar-refractivity contribution < 1.29 is 9.47 Å². The monoisotopic (exact) mass is 262 g/mol. The van der Waals surface area contributed by atoms with Gasteiger partial charge in [0.25, 0.3) is 0 Å². The predicted octanol–water partition coefficient (Wildman–Crippen LogP) is 4.06. The van der Waals surface area contributed by atoms with Crippen LogP contribution in [-0.2, 0) is 16.1 Å². The Labute approximate surface area is 117 Å². The van der Waals surface area contributed by atoms with Gasteiger partial charge in [-0.1, -0.05) is 32.0 Å². The molecule has 0 aliphatic carbocycles. The highest BCUT2D eigenvalue weighted by Crippen LogP contribution is 2.30. The quantitative estimate of drug-likeness (QED) is 0.796. The highest BCUT2D eigenvalue weighted by molar-refractivity contribution is 5.36. The zero-order valence-corrected chi connectivity index (χ0v) is 12.4. The van der Waals surface area contributed by atoms with Crippen LogP contribution in [-0.4, -0.2) is 19.8 Å². The van der Waals surface area contributed by atoms with Crippen molar-refractivity contribution in [1.29, 1.82) is 0 Å². The molecule has 106 valence electrons. The molecule has 1 aromatic rings. The Morgan fingerprint density at radius 3 is 2.68 bits per heavy atom. The Balaban J connectivity index is 2.04. The normalized spacial score (nSPS) is 17.1. The number of rotatable bonds is 5. The Morgan fingerprint density at radius 1 is 1.26 bits per heavy atom. The van der Waals surface area contributed by atoms with Gasteiger partial charge in [0.2, 0.25) is 0 Å². The van der Waals surface area contributed by atoms with Crippen molar-refractivity contribution in [3.8, 4) is 0 Å². The standard InChI is InChI=1S/C17H26O2/c1-13(2)11-19-12-16-5-4-6-17(14(16)3)15-7-9-18-10-8-15/h4-6,13,15H,7-12H2,1-3H3. The van der Waals surface area contributed by atoms with Crippen LogP contribution < -0.4 is 0 Å². The molecule has 19 heavy (non-hydrogen) atoms. The molecule has 0 saturated carbocycles. The largest absolute Gasteiger partial charge is 0.381 e. The predicted molar refractivity (Wildman–Crippen MR) is 78.5 cm³/mol. The Bertz CT molecular complexity index is 392. The van der Waals surface area contributed by atoms with Crippen molar-refractivity contribution in [2.75, 3.05) is 19.8 Å². The molecule has 0 aromatic heterocycles. The molecule has 2 rings (SSSR count). The van der Waals surface area contributed by atoms with E-state index in [2.05, 4.69) is 39.0 Å². The second kappa shape index (κ2) is 7.06. The van der Waals surface area contributed by atoms with Gasteiger partial charge in [0.15, 0.2) is 0 Å². The number of benzene rings is 1. The first-order valence-electron chi connectivity index (χ1n) is 7.42. The van der Waals surface area contributed by atoms with Crippen LogP contribution in [0.5, 0.6) is 0 Å². The van der Waals surface area contributed by atoms with Gasteiger partial charge < -0.3 is 9.47 Å². The third-order valence-electron chi connectivity index (χ3n) is 3.86. The molecule has 1 aliphatic rings. The minimum Gasteiger partial charge on any atom is -0.381 e. The van der Waals surface area contributed by atoms with E-state index < -0.39 is 0 Å². The van der Waals surface area contributed by atoms with E-state index in [1.54, 1.807) is 0 Å². The summed E-state index contributed by atoms with van der Waals surface area (Å²) in [5.41, 5.74) is 4.25. The molecule has 1 aliphatic heterocycles. The zero-order valence-electron chi connectivity index (χ0n) is 12.4. The summed E-state index contributed by atoms with van der Waals surface area (Å²) in [6, 6.07) is 6.64. The molecular formula is C17H26O2. The highest BCUT2D eigenvalue weighted by Gasteiger charge is 2.18. The lowest BCUT2D eigenvalue weighted by atomic mass is 9.87. The molecule has 1 saturated heterocycles. The number of hydrogen-bond acceptors (Lipinski definition) is 2. The molecule has 1 fully saturated rings. The summed E-state index contributed by atoms with van der Waals surface area (Å²) < 4.78 is 11.2. The average molecular weight is 262 g/mol. The highest BCUT2D eigenvalue weighted by atomic mass is 16.5. The third kappa shape index (κ3) is 4.05. The van der Waals surface area contributed by atoms with Crippen molar-refractivity contribution in [3.63, 3.8) is 0 Å². The van der Waals surface area contributed by atoms with Crippen LogP contribution in [0.2, 0.25) is 0 Å². The van der Waals surface area contributed by atoms with Crippen LogP contribution in [0.3, 0.4) is 0 Å². The number of hydrogen-bond donors (Lipinski definition) is 0. The summed E-state index contributed by atoms with van der Waals surface area (Å²) in [5, 5.41) is 0. The van der Waals surface area contributed by atoms with E-state index in [-0.39, 0.29) is 0 Å². The van der Waals surface area contributed by atoms with Gasteiger partial charge in [0.05, 0.1) is 6.61 Å². The second-order valence-corrected chi connectivity index (χ2v) is 5.93. The molecule has 1 aromatic carbocycles. The Morgan fingerprint density at radius 2 is 2.00 bits per heavy atom. The van der Waals surface area contributed by atoms with E-state index in [4.69, 9.17) is 9.47 Å². The number of ether oxygens (including phenoxy) is 2. The molecule has 0 bridgehead atoms. The van der Waals surface area contributed by atoms with Gasteiger partial charge >= 0.3 is 0 Å². The average Bonchev–Trinajstić information content (AvgIpc) is 2.41. The van der Waals surface area contributed by atoms with E-state index in [9.17, 15) is 0 Å². The maximum absolute atomic E-state index is 5.78. The first-order chi connectivity index (χ1) is 9.18. The lowest BCUT2D eigenvalue weighted by Crippen LogP contribution is -2.15. The maximum Gasteiger partial charge on any atom is 0.0719 e. The van der Waals surface area contributed by atoms with Gasteiger partial charge in [-0.2, -0.15) is 0 Å². The van der Waals surface area contributed by atoms with Crippen LogP contribution in [0.25, 0.3) is 0 Å². The molecule has 0 radical (unpaired) electrons. The van der Waals surface area contributed by atoms with Crippen molar-refractivity contribution in [3.05, 3.63) is 34.9 Å². The van der Waals surface area contributed by atoms with Crippen LogP contribution in [0.15, 0.2) is 18.2 Å². The van der Waals surface area contributed by atoms with Gasteiger partial charge in [0, 0.05) is 19.8 Å². The van der Waals surface area contributed by atoms with Crippen LogP contribution in [0.1, 0.15) is 49.3 Å². The molecule has 2 heteroatoms. The van der Waals surface area contributed by atoms with Crippen molar-refractivity contribution in [1.82, 2.24) is 0 Å². The van der Waals surface area contributed by atoms with Gasteiger partial charge in [-0.25, -0.2) is 0 Å². The molecule has 0 amide bonds. The van der Waals surface area contributed by atoms with Gasteiger partial charge in [-0.05, 0) is 48.3 Å².